The smallest absolute Gasteiger partial charge is 0.189 e. The molecular weight excluding hydrogens is 317 g/mol. The maximum Gasteiger partial charge on any atom is 0.189 e. The number of rotatable bonds is 9. The highest BCUT2D eigenvalue weighted by molar-refractivity contribution is 7.47. The van der Waals surface area contributed by atoms with Crippen LogP contribution in [0.4, 0.5) is 0 Å². The highest BCUT2D eigenvalue weighted by Crippen LogP contribution is 2.53. The van der Waals surface area contributed by atoms with Gasteiger partial charge in [-0.1, -0.05) is 6.07 Å². The van der Waals surface area contributed by atoms with Gasteiger partial charge in [0.25, 0.3) is 0 Å². The first-order chi connectivity index (χ1) is 11.2. The van der Waals surface area contributed by atoms with Crippen LogP contribution in [0.2, 0.25) is 0 Å². The third kappa shape index (κ3) is 5.77. The Kier molecular flexibility index (Phi) is 8.80. The predicted octanol–water partition coefficient (Wildman–Crippen LogP) is 5.62. The lowest BCUT2D eigenvalue weighted by atomic mass is 10.2. The van der Waals surface area contributed by atoms with Gasteiger partial charge in [0, 0.05) is 30.4 Å². The van der Waals surface area contributed by atoms with Crippen LogP contribution >= 0.6 is 8.45 Å². The largest absolute Gasteiger partial charge is 0.322 e. The van der Waals surface area contributed by atoms with Crippen LogP contribution in [-0.4, -0.2) is 38.5 Å². The first-order valence-electron chi connectivity index (χ1n) is 9.11. The predicted molar refractivity (Wildman–Crippen MR) is 105 cm³/mol. The molecule has 0 amide bonds. The molecule has 1 heterocycles. The van der Waals surface area contributed by atoms with Gasteiger partial charge in [0.1, 0.15) is 6.10 Å². The van der Waals surface area contributed by atoms with E-state index in [0.29, 0.717) is 24.2 Å². The summed E-state index contributed by atoms with van der Waals surface area (Å²) >= 11 is 0. The summed E-state index contributed by atoms with van der Waals surface area (Å²) in [6.07, 6.45) is 1.81. The average Bonchev–Trinajstić information content (AvgIpc) is 2.46. The minimum Gasteiger partial charge on any atom is -0.322 e. The van der Waals surface area contributed by atoms with Gasteiger partial charge in [-0.25, -0.2) is 9.34 Å². The number of hydrogen-bond acceptors (Lipinski definition) is 4. The zero-order chi connectivity index (χ0) is 18.4. The molecule has 1 aromatic rings. The molecule has 0 saturated carbocycles. The van der Waals surface area contributed by atoms with E-state index in [0.717, 1.165) is 5.69 Å². The highest BCUT2D eigenvalue weighted by Gasteiger charge is 2.35. The molecule has 0 N–H and O–H groups in total. The minimum absolute atomic E-state index is 0.0303. The second kappa shape index (κ2) is 9.82. The fourth-order valence-electron chi connectivity index (χ4n) is 3.02. The maximum absolute atomic E-state index is 6.66. The molecule has 1 rings (SSSR count). The molecule has 0 aromatic carbocycles. The van der Waals surface area contributed by atoms with Crippen LogP contribution in [0.1, 0.15) is 74.1 Å². The molecule has 1 aromatic heterocycles. The van der Waals surface area contributed by atoms with E-state index < -0.39 is 8.45 Å². The molecule has 0 saturated heterocycles. The van der Waals surface area contributed by atoms with Crippen LogP contribution in [0.25, 0.3) is 0 Å². The van der Waals surface area contributed by atoms with E-state index in [-0.39, 0.29) is 6.10 Å². The summed E-state index contributed by atoms with van der Waals surface area (Å²) in [5.41, 5.74) is 0.991. The van der Waals surface area contributed by atoms with E-state index in [2.05, 4.69) is 76.6 Å². The molecule has 0 aliphatic rings. The van der Waals surface area contributed by atoms with E-state index in [1.165, 1.54) is 0 Å². The molecular formula is C19H36N3OP. The third-order valence-corrected chi connectivity index (χ3v) is 7.01. The first-order valence-corrected chi connectivity index (χ1v) is 10.3. The fourth-order valence-corrected chi connectivity index (χ4v) is 5.45. The molecule has 1 unspecified atom stereocenters. The van der Waals surface area contributed by atoms with Gasteiger partial charge in [0.2, 0.25) is 0 Å². The van der Waals surface area contributed by atoms with Gasteiger partial charge >= 0.3 is 0 Å². The van der Waals surface area contributed by atoms with Crippen LogP contribution in [0, 0.1) is 0 Å². The lowest BCUT2D eigenvalue weighted by Gasteiger charge is -2.46. The van der Waals surface area contributed by atoms with Crippen molar-refractivity contribution in [2.45, 2.75) is 92.6 Å². The molecule has 0 aliphatic carbocycles. The summed E-state index contributed by atoms with van der Waals surface area (Å²) in [6, 6.07) is 7.71. The van der Waals surface area contributed by atoms with Gasteiger partial charge in [0.15, 0.2) is 8.45 Å². The van der Waals surface area contributed by atoms with Crippen LogP contribution in [-0.2, 0) is 4.52 Å². The molecule has 4 nitrogen and oxygen atoms in total. The average molecular weight is 353 g/mol. The van der Waals surface area contributed by atoms with Crippen LogP contribution in [0.3, 0.4) is 0 Å². The Hall–Kier alpha value is -0.540. The van der Waals surface area contributed by atoms with Crippen molar-refractivity contribution in [3.8, 4) is 0 Å². The summed E-state index contributed by atoms with van der Waals surface area (Å²) in [5.74, 6) is 0. The Labute approximate surface area is 150 Å². The highest BCUT2D eigenvalue weighted by atomic mass is 31.2. The Morgan fingerprint density at radius 1 is 0.792 bits per heavy atom. The molecule has 0 bridgehead atoms. The van der Waals surface area contributed by atoms with Gasteiger partial charge in [-0.15, -0.1) is 0 Å². The maximum atomic E-state index is 6.66. The monoisotopic (exact) mass is 353 g/mol. The first kappa shape index (κ1) is 21.5. The van der Waals surface area contributed by atoms with Gasteiger partial charge < -0.3 is 4.52 Å². The number of nitrogens with zero attached hydrogens (tertiary/aromatic N) is 3. The summed E-state index contributed by atoms with van der Waals surface area (Å²) in [5, 5.41) is 0. The Morgan fingerprint density at radius 3 is 1.58 bits per heavy atom. The molecule has 1 atom stereocenters. The summed E-state index contributed by atoms with van der Waals surface area (Å²) in [4.78, 5) is 4.48. The topological polar surface area (TPSA) is 28.6 Å². The Morgan fingerprint density at radius 2 is 1.25 bits per heavy atom. The normalized spacial score (nSPS) is 14.2. The standard InChI is InChI=1S/C19H36N3OP/c1-14(2)21(15(3)4)24(22(16(5)6)17(7)8)23-18(9)19-12-10-11-13-20-19/h10-18H,1-9H3. The molecule has 0 spiro atoms. The molecule has 0 aliphatic heterocycles. The van der Waals surface area contributed by atoms with E-state index in [9.17, 15) is 0 Å². The van der Waals surface area contributed by atoms with Crippen LogP contribution in [0.15, 0.2) is 24.4 Å². The SMILES string of the molecule is CC(OP(N(C(C)C)C(C)C)N(C(C)C)C(C)C)c1ccccn1. The van der Waals surface area contributed by atoms with Gasteiger partial charge in [-0.05, 0) is 74.4 Å². The van der Waals surface area contributed by atoms with Gasteiger partial charge in [0.05, 0.1) is 5.69 Å². The lowest BCUT2D eigenvalue weighted by Crippen LogP contribution is -2.43. The van der Waals surface area contributed by atoms with Crippen molar-refractivity contribution < 1.29 is 4.52 Å². The zero-order valence-corrected chi connectivity index (χ0v) is 17.8. The Bertz CT molecular complexity index is 429. The van der Waals surface area contributed by atoms with Crippen LogP contribution < -0.4 is 0 Å². The van der Waals surface area contributed by atoms with Crippen molar-refractivity contribution in [3.63, 3.8) is 0 Å². The number of hydrogen-bond donors (Lipinski definition) is 0. The summed E-state index contributed by atoms with van der Waals surface area (Å²) in [6.45, 7) is 20.1. The molecule has 0 radical (unpaired) electrons. The van der Waals surface area contributed by atoms with Crippen molar-refractivity contribution in [2.24, 2.45) is 0 Å². The van der Waals surface area contributed by atoms with Gasteiger partial charge in [-0.2, -0.15) is 0 Å². The molecule has 5 heteroatoms. The van der Waals surface area contributed by atoms with Gasteiger partial charge in [-0.3, -0.25) is 4.98 Å². The lowest BCUT2D eigenvalue weighted by molar-refractivity contribution is 0.150. The molecule has 24 heavy (non-hydrogen) atoms. The molecule has 138 valence electrons. The number of pyridine rings is 1. The molecule has 0 fully saturated rings. The van der Waals surface area contributed by atoms with E-state index in [1.54, 1.807) is 0 Å². The number of aromatic nitrogens is 1. The minimum atomic E-state index is -0.882. The van der Waals surface area contributed by atoms with E-state index in [4.69, 9.17) is 4.52 Å². The fraction of sp³-hybridized carbons (Fsp3) is 0.737. The summed E-state index contributed by atoms with van der Waals surface area (Å²) < 4.78 is 11.7. The van der Waals surface area contributed by atoms with E-state index >= 15 is 0 Å². The van der Waals surface area contributed by atoms with Crippen molar-refractivity contribution in [3.05, 3.63) is 30.1 Å². The summed E-state index contributed by atoms with van der Waals surface area (Å²) in [7, 11) is -0.882. The van der Waals surface area contributed by atoms with Crippen LogP contribution in [0.5, 0.6) is 0 Å². The van der Waals surface area contributed by atoms with Crippen molar-refractivity contribution in [1.29, 1.82) is 0 Å². The second-order valence-corrected chi connectivity index (χ2v) is 9.03. The van der Waals surface area contributed by atoms with Crippen molar-refractivity contribution in [2.75, 3.05) is 0 Å². The van der Waals surface area contributed by atoms with E-state index in [1.807, 2.05) is 24.4 Å². The zero-order valence-electron chi connectivity index (χ0n) is 16.9. The van der Waals surface area contributed by atoms with Crippen molar-refractivity contribution >= 4 is 8.45 Å². The quantitative estimate of drug-likeness (QED) is 0.538. The second-order valence-electron chi connectivity index (χ2n) is 7.39. The Balaban J connectivity index is 3.16. The van der Waals surface area contributed by atoms with Crippen molar-refractivity contribution in [1.82, 2.24) is 14.3 Å². The third-order valence-electron chi connectivity index (χ3n) is 3.87.